The lowest BCUT2D eigenvalue weighted by molar-refractivity contribution is -0.118. The number of rotatable bonds is 5. The van der Waals surface area contributed by atoms with Crippen LogP contribution in [0.1, 0.15) is 13.3 Å². The van der Waals surface area contributed by atoms with Gasteiger partial charge in [-0.3, -0.25) is 4.79 Å². The molecule has 0 saturated heterocycles. The Morgan fingerprint density at radius 2 is 2.20 bits per heavy atom. The highest BCUT2D eigenvalue weighted by molar-refractivity contribution is 5.75. The van der Waals surface area contributed by atoms with Crippen LogP contribution in [-0.4, -0.2) is 25.4 Å². The highest BCUT2D eigenvalue weighted by Gasteiger charge is 2.01. The summed E-state index contributed by atoms with van der Waals surface area (Å²) in [6.45, 7) is 0.915. The van der Waals surface area contributed by atoms with E-state index in [0.717, 1.165) is 0 Å². The smallest absolute Gasteiger partial charge is 0.261 e. The molecule has 0 aliphatic carbocycles. The summed E-state index contributed by atoms with van der Waals surface area (Å²) < 4.78 is 27.1. The van der Waals surface area contributed by atoms with Crippen LogP contribution in [0.25, 0.3) is 0 Å². The van der Waals surface area contributed by atoms with E-state index >= 15 is 0 Å². The Hall–Kier alpha value is -0.510. The molecule has 0 aliphatic heterocycles. The van der Waals surface area contributed by atoms with Crippen LogP contribution in [0.4, 0.5) is 8.78 Å². The van der Waals surface area contributed by atoms with E-state index in [2.05, 4.69) is 4.74 Å². The average molecular weight is 152 g/mol. The van der Waals surface area contributed by atoms with Gasteiger partial charge in [0.15, 0.2) is 0 Å². The second-order valence-electron chi connectivity index (χ2n) is 1.92. The summed E-state index contributed by atoms with van der Waals surface area (Å²) in [5, 5.41) is 0. The second kappa shape index (κ2) is 5.29. The molecule has 60 valence electrons. The van der Waals surface area contributed by atoms with Gasteiger partial charge in [0.25, 0.3) is 6.43 Å². The molecule has 2 nitrogen and oxygen atoms in total. The fourth-order valence-electron chi connectivity index (χ4n) is 0.388. The van der Waals surface area contributed by atoms with E-state index in [4.69, 9.17) is 0 Å². The maximum absolute atomic E-state index is 11.3. The van der Waals surface area contributed by atoms with E-state index in [9.17, 15) is 13.6 Å². The van der Waals surface area contributed by atoms with Crippen LogP contribution in [-0.2, 0) is 9.53 Å². The van der Waals surface area contributed by atoms with Gasteiger partial charge in [0.05, 0.1) is 6.61 Å². The molecule has 0 aromatic heterocycles. The molecule has 10 heavy (non-hydrogen) atoms. The van der Waals surface area contributed by atoms with Crippen LogP contribution in [0.2, 0.25) is 0 Å². The summed E-state index contributed by atoms with van der Waals surface area (Å²) in [5.74, 6) is -0.0470. The van der Waals surface area contributed by atoms with Gasteiger partial charge in [0.1, 0.15) is 12.4 Å². The first-order valence-electron chi connectivity index (χ1n) is 2.98. The number of halogens is 2. The lowest BCUT2D eigenvalue weighted by atomic mass is 10.3. The summed E-state index contributed by atoms with van der Waals surface area (Å²) in [6, 6.07) is 0. The summed E-state index contributed by atoms with van der Waals surface area (Å²) >= 11 is 0. The molecule has 0 amide bonds. The van der Waals surface area contributed by atoms with Gasteiger partial charge in [-0.2, -0.15) is 0 Å². The van der Waals surface area contributed by atoms with Crippen molar-refractivity contribution in [3.63, 3.8) is 0 Å². The number of carbonyl (C=O) groups is 1. The third kappa shape index (κ3) is 7.49. The normalized spacial score (nSPS) is 10.4. The summed E-state index contributed by atoms with van der Waals surface area (Å²) in [7, 11) is 0. The maximum Gasteiger partial charge on any atom is 0.261 e. The molecule has 0 heterocycles. The van der Waals surface area contributed by atoms with Gasteiger partial charge in [-0.15, -0.1) is 0 Å². The maximum atomic E-state index is 11.3. The SMILES string of the molecule is CC(=O)CCOCC(F)F. The van der Waals surface area contributed by atoms with Crippen LogP contribution < -0.4 is 0 Å². The molecule has 0 bridgehead atoms. The second-order valence-corrected chi connectivity index (χ2v) is 1.92. The van der Waals surface area contributed by atoms with Gasteiger partial charge in [-0.05, 0) is 6.92 Å². The average Bonchev–Trinajstić information content (AvgIpc) is 1.79. The van der Waals surface area contributed by atoms with Crippen molar-refractivity contribution in [2.24, 2.45) is 0 Å². The number of hydrogen-bond acceptors (Lipinski definition) is 2. The highest BCUT2D eigenvalue weighted by atomic mass is 19.3. The van der Waals surface area contributed by atoms with E-state index in [1.54, 1.807) is 0 Å². The van der Waals surface area contributed by atoms with Gasteiger partial charge in [-0.25, -0.2) is 8.78 Å². The first kappa shape index (κ1) is 9.49. The first-order chi connectivity index (χ1) is 4.63. The Kier molecular flexibility index (Phi) is 5.02. The fourth-order valence-corrected chi connectivity index (χ4v) is 0.388. The number of Topliss-reactive ketones (excluding diaryl/α,β-unsaturated/α-hetero) is 1. The van der Waals surface area contributed by atoms with Gasteiger partial charge < -0.3 is 4.74 Å². The van der Waals surface area contributed by atoms with Crippen molar-refractivity contribution in [3.8, 4) is 0 Å². The monoisotopic (exact) mass is 152 g/mol. The number of hydrogen-bond donors (Lipinski definition) is 0. The Labute approximate surface area is 58.2 Å². The molecule has 4 heteroatoms. The van der Waals surface area contributed by atoms with Crippen molar-refractivity contribution in [1.29, 1.82) is 0 Å². The van der Waals surface area contributed by atoms with E-state index < -0.39 is 13.0 Å². The zero-order valence-corrected chi connectivity index (χ0v) is 5.77. The van der Waals surface area contributed by atoms with Crippen molar-refractivity contribution >= 4 is 5.78 Å². The molecule has 0 aromatic rings. The Morgan fingerprint density at radius 1 is 1.60 bits per heavy atom. The molecule has 0 unspecified atom stereocenters. The molecule has 0 aromatic carbocycles. The minimum atomic E-state index is -2.44. The van der Waals surface area contributed by atoms with E-state index in [1.807, 2.05) is 0 Å². The lowest BCUT2D eigenvalue weighted by Gasteiger charge is -1.99. The quantitative estimate of drug-likeness (QED) is 0.554. The Morgan fingerprint density at radius 3 is 2.60 bits per heavy atom. The first-order valence-corrected chi connectivity index (χ1v) is 2.98. The molecule has 0 radical (unpaired) electrons. The molecular weight excluding hydrogens is 142 g/mol. The molecule has 0 fully saturated rings. The minimum absolute atomic E-state index is 0.0470. The minimum Gasteiger partial charge on any atom is -0.375 e. The summed E-state index contributed by atoms with van der Waals surface area (Å²) in [6.07, 6.45) is -2.22. The predicted octanol–water partition coefficient (Wildman–Crippen LogP) is 1.25. The van der Waals surface area contributed by atoms with Crippen molar-refractivity contribution in [1.82, 2.24) is 0 Å². The van der Waals surface area contributed by atoms with E-state index in [1.165, 1.54) is 6.92 Å². The highest BCUT2D eigenvalue weighted by Crippen LogP contribution is 1.93. The zero-order valence-electron chi connectivity index (χ0n) is 5.77. The van der Waals surface area contributed by atoms with Crippen molar-refractivity contribution in [3.05, 3.63) is 0 Å². The molecule has 0 rings (SSSR count). The Bertz CT molecular complexity index is 104. The van der Waals surface area contributed by atoms with Gasteiger partial charge >= 0.3 is 0 Å². The fraction of sp³-hybridized carbons (Fsp3) is 0.833. The number of carbonyl (C=O) groups excluding carboxylic acids is 1. The third-order valence-electron chi connectivity index (χ3n) is 0.842. The topological polar surface area (TPSA) is 26.3 Å². The van der Waals surface area contributed by atoms with Gasteiger partial charge in [0, 0.05) is 6.42 Å². The standard InChI is InChI=1S/C6H10F2O2/c1-5(9)2-3-10-4-6(7)8/h6H,2-4H2,1H3. The van der Waals surface area contributed by atoms with Crippen molar-refractivity contribution in [2.45, 2.75) is 19.8 Å². The molecule has 0 spiro atoms. The number of ketones is 1. The van der Waals surface area contributed by atoms with Crippen LogP contribution in [0, 0.1) is 0 Å². The van der Waals surface area contributed by atoms with Crippen molar-refractivity contribution < 1.29 is 18.3 Å². The molecular formula is C6H10F2O2. The third-order valence-corrected chi connectivity index (χ3v) is 0.842. The van der Waals surface area contributed by atoms with E-state index in [-0.39, 0.29) is 18.8 Å². The van der Waals surface area contributed by atoms with Crippen molar-refractivity contribution in [2.75, 3.05) is 13.2 Å². The lowest BCUT2D eigenvalue weighted by Crippen LogP contribution is -2.07. The summed E-state index contributed by atoms with van der Waals surface area (Å²) in [5.41, 5.74) is 0. The van der Waals surface area contributed by atoms with Crippen LogP contribution >= 0.6 is 0 Å². The Balaban J connectivity index is 2.98. The number of alkyl halides is 2. The molecule has 0 atom stereocenters. The predicted molar refractivity (Wildman–Crippen MR) is 32.1 cm³/mol. The van der Waals surface area contributed by atoms with Gasteiger partial charge in [-0.1, -0.05) is 0 Å². The zero-order chi connectivity index (χ0) is 7.98. The molecule has 0 N–H and O–H groups in total. The molecule has 0 aliphatic rings. The van der Waals surface area contributed by atoms with E-state index in [0.29, 0.717) is 0 Å². The van der Waals surface area contributed by atoms with Crippen LogP contribution in [0.15, 0.2) is 0 Å². The summed E-state index contributed by atoms with van der Waals surface area (Å²) in [4.78, 5) is 10.2. The van der Waals surface area contributed by atoms with Crippen LogP contribution in [0.5, 0.6) is 0 Å². The number of ether oxygens (including phenoxy) is 1. The van der Waals surface area contributed by atoms with Gasteiger partial charge in [0.2, 0.25) is 0 Å². The molecule has 0 saturated carbocycles. The van der Waals surface area contributed by atoms with Crippen LogP contribution in [0.3, 0.4) is 0 Å². The largest absolute Gasteiger partial charge is 0.375 e.